The van der Waals surface area contributed by atoms with Crippen molar-refractivity contribution in [1.82, 2.24) is 10.2 Å². The number of para-hydroxylation sites is 1. The monoisotopic (exact) mass is 375 g/mol. The highest BCUT2D eigenvalue weighted by molar-refractivity contribution is 8.01. The average molecular weight is 376 g/mol. The zero-order chi connectivity index (χ0) is 16.9. The summed E-state index contributed by atoms with van der Waals surface area (Å²) < 4.78 is 0.758. The van der Waals surface area contributed by atoms with Gasteiger partial charge in [0.25, 0.3) is 0 Å². The van der Waals surface area contributed by atoms with Crippen molar-refractivity contribution in [3.05, 3.63) is 64.7 Å². The number of thioether (sulfide) groups is 1. The van der Waals surface area contributed by atoms with Gasteiger partial charge in [-0.15, -0.1) is 10.2 Å². The number of hydrogen-bond acceptors (Lipinski definition) is 6. The van der Waals surface area contributed by atoms with Crippen LogP contribution < -0.4 is 5.32 Å². The van der Waals surface area contributed by atoms with E-state index in [2.05, 4.69) is 15.5 Å². The van der Waals surface area contributed by atoms with Gasteiger partial charge in [-0.25, -0.2) is 0 Å². The molecule has 2 aromatic carbocycles. The molecule has 0 amide bonds. The van der Waals surface area contributed by atoms with Crippen LogP contribution in [0, 0.1) is 6.92 Å². The molecular weight excluding hydrogens is 362 g/mol. The molecule has 0 aliphatic rings. The molecule has 0 saturated carbocycles. The number of Topliss-reactive ketones (excluding diaryl/α,β-unsaturated/α-hetero) is 1. The van der Waals surface area contributed by atoms with E-state index < -0.39 is 0 Å². The number of rotatable bonds is 6. The van der Waals surface area contributed by atoms with Crippen LogP contribution in [0.2, 0.25) is 5.02 Å². The number of halogens is 1. The van der Waals surface area contributed by atoms with Gasteiger partial charge in [0.1, 0.15) is 0 Å². The molecule has 122 valence electrons. The molecule has 0 atom stereocenters. The van der Waals surface area contributed by atoms with Gasteiger partial charge in [0, 0.05) is 16.3 Å². The SMILES string of the molecule is Cc1ccccc1Nc1nnc(SCC(=O)c2ccc(Cl)cc2)s1. The second-order valence-electron chi connectivity index (χ2n) is 5.03. The predicted octanol–water partition coefficient (Wildman–Crippen LogP) is 5.22. The number of benzene rings is 2. The van der Waals surface area contributed by atoms with Crippen molar-refractivity contribution in [2.45, 2.75) is 11.3 Å². The fourth-order valence-electron chi connectivity index (χ4n) is 1.99. The van der Waals surface area contributed by atoms with Crippen LogP contribution >= 0.6 is 34.7 Å². The third-order valence-corrected chi connectivity index (χ3v) is 5.51. The van der Waals surface area contributed by atoms with Crippen LogP contribution in [0.3, 0.4) is 0 Å². The summed E-state index contributed by atoms with van der Waals surface area (Å²) in [5, 5.41) is 12.8. The topological polar surface area (TPSA) is 54.9 Å². The highest BCUT2D eigenvalue weighted by atomic mass is 35.5. The van der Waals surface area contributed by atoms with Gasteiger partial charge in [0.2, 0.25) is 5.13 Å². The number of carbonyl (C=O) groups is 1. The molecule has 0 fully saturated rings. The lowest BCUT2D eigenvalue weighted by Crippen LogP contribution is -2.01. The van der Waals surface area contributed by atoms with Gasteiger partial charge in [-0.05, 0) is 42.8 Å². The van der Waals surface area contributed by atoms with Crippen molar-refractivity contribution in [3.8, 4) is 0 Å². The summed E-state index contributed by atoms with van der Waals surface area (Å²) >= 11 is 8.65. The Morgan fingerprint density at radius 2 is 1.92 bits per heavy atom. The maximum absolute atomic E-state index is 12.1. The first-order valence-electron chi connectivity index (χ1n) is 7.19. The Morgan fingerprint density at radius 1 is 1.17 bits per heavy atom. The first-order chi connectivity index (χ1) is 11.6. The molecule has 0 aliphatic carbocycles. The molecule has 3 aromatic rings. The summed E-state index contributed by atoms with van der Waals surface area (Å²) in [7, 11) is 0. The molecule has 0 saturated heterocycles. The molecule has 4 nitrogen and oxygen atoms in total. The highest BCUT2D eigenvalue weighted by Crippen LogP contribution is 2.29. The van der Waals surface area contributed by atoms with E-state index in [9.17, 15) is 4.79 Å². The minimum absolute atomic E-state index is 0.0419. The zero-order valence-electron chi connectivity index (χ0n) is 12.8. The van der Waals surface area contributed by atoms with Crippen molar-refractivity contribution < 1.29 is 4.79 Å². The smallest absolute Gasteiger partial charge is 0.210 e. The largest absolute Gasteiger partial charge is 0.330 e. The van der Waals surface area contributed by atoms with E-state index in [1.165, 1.54) is 23.1 Å². The summed E-state index contributed by atoms with van der Waals surface area (Å²) in [6.07, 6.45) is 0. The van der Waals surface area contributed by atoms with E-state index in [4.69, 9.17) is 11.6 Å². The van der Waals surface area contributed by atoms with E-state index in [1.807, 2.05) is 31.2 Å². The number of anilines is 2. The summed E-state index contributed by atoms with van der Waals surface area (Å²) in [5.74, 6) is 0.362. The number of nitrogens with one attached hydrogen (secondary N) is 1. The lowest BCUT2D eigenvalue weighted by Gasteiger charge is -2.04. The minimum atomic E-state index is 0.0419. The van der Waals surface area contributed by atoms with Gasteiger partial charge in [0.15, 0.2) is 10.1 Å². The maximum Gasteiger partial charge on any atom is 0.210 e. The van der Waals surface area contributed by atoms with Crippen LogP contribution in [0.4, 0.5) is 10.8 Å². The molecule has 1 aromatic heterocycles. The third kappa shape index (κ3) is 4.35. The summed E-state index contributed by atoms with van der Waals surface area (Å²) in [5.41, 5.74) is 2.79. The van der Waals surface area contributed by atoms with E-state index in [0.29, 0.717) is 21.5 Å². The van der Waals surface area contributed by atoms with Crippen LogP contribution in [0.15, 0.2) is 52.9 Å². The van der Waals surface area contributed by atoms with Crippen molar-refractivity contribution >= 4 is 51.3 Å². The highest BCUT2D eigenvalue weighted by Gasteiger charge is 2.10. The molecule has 0 spiro atoms. The van der Waals surface area contributed by atoms with E-state index >= 15 is 0 Å². The summed E-state index contributed by atoms with van der Waals surface area (Å²) in [4.78, 5) is 12.1. The number of nitrogens with zero attached hydrogens (tertiary/aromatic N) is 2. The van der Waals surface area contributed by atoms with E-state index in [1.54, 1.807) is 24.3 Å². The predicted molar refractivity (Wildman–Crippen MR) is 101 cm³/mol. The minimum Gasteiger partial charge on any atom is -0.330 e. The third-order valence-electron chi connectivity index (χ3n) is 3.29. The molecule has 1 N–H and O–H groups in total. The van der Waals surface area contributed by atoms with Crippen LogP contribution in [-0.4, -0.2) is 21.7 Å². The van der Waals surface area contributed by atoms with Crippen LogP contribution in [0.25, 0.3) is 0 Å². The molecule has 0 aliphatic heterocycles. The molecule has 24 heavy (non-hydrogen) atoms. The number of carbonyl (C=O) groups excluding carboxylic acids is 1. The van der Waals surface area contributed by atoms with E-state index in [0.717, 1.165) is 15.6 Å². The normalized spacial score (nSPS) is 10.6. The van der Waals surface area contributed by atoms with Crippen molar-refractivity contribution in [3.63, 3.8) is 0 Å². The van der Waals surface area contributed by atoms with Crippen LogP contribution in [0.5, 0.6) is 0 Å². The molecule has 1 heterocycles. The van der Waals surface area contributed by atoms with Gasteiger partial charge in [0.05, 0.1) is 5.75 Å². The Kier molecular flexibility index (Phi) is 5.50. The van der Waals surface area contributed by atoms with Crippen molar-refractivity contribution in [1.29, 1.82) is 0 Å². The van der Waals surface area contributed by atoms with Gasteiger partial charge < -0.3 is 5.32 Å². The number of aromatic nitrogens is 2. The van der Waals surface area contributed by atoms with Gasteiger partial charge in [-0.1, -0.05) is 52.9 Å². The van der Waals surface area contributed by atoms with Gasteiger partial charge in [-0.3, -0.25) is 4.79 Å². The Hall–Kier alpha value is -1.89. The molecule has 3 rings (SSSR count). The van der Waals surface area contributed by atoms with Gasteiger partial charge >= 0.3 is 0 Å². The van der Waals surface area contributed by atoms with E-state index in [-0.39, 0.29) is 5.78 Å². The Morgan fingerprint density at radius 3 is 2.67 bits per heavy atom. The lowest BCUT2D eigenvalue weighted by molar-refractivity contribution is 0.102. The number of hydrogen-bond donors (Lipinski definition) is 1. The van der Waals surface area contributed by atoms with Crippen LogP contribution in [0.1, 0.15) is 15.9 Å². The fourth-order valence-corrected chi connectivity index (χ4v) is 3.78. The quantitative estimate of drug-likeness (QED) is 0.473. The Labute approximate surface area is 153 Å². The van der Waals surface area contributed by atoms with Gasteiger partial charge in [-0.2, -0.15) is 0 Å². The average Bonchev–Trinajstić information content (AvgIpc) is 3.03. The van der Waals surface area contributed by atoms with Crippen molar-refractivity contribution in [2.24, 2.45) is 0 Å². The summed E-state index contributed by atoms with van der Waals surface area (Å²) in [6.45, 7) is 2.03. The first kappa shape index (κ1) is 17.0. The zero-order valence-corrected chi connectivity index (χ0v) is 15.2. The first-order valence-corrected chi connectivity index (χ1v) is 9.37. The lowest BCUT2D eigenvalue weighted by atomic mass is 10.1. The second kappa shape index (κ2) is 7.79. The summed E-state index contributed by atoms with van der Waals surface area (Å²) in [6, 6.07) is 14.9. The maximum atomic E-state index is 12.1. The van der Waals surface area contributed by atoms with Crippen LogP contribution in [-0.2, 0) is 0 Å². The standard InChI is InChI=1S/C17H14ClN3OS2/c1-11-4-2-3-5-14(11)19-16-20-21-17(24-16)23-10-15(22)12-6-8-13(18)9-7-12/h2-9H,10H2,1H3,(H,19,20). The number of aryl methyl sites for hydroxylation is 1. The molecule has 0 radical (unpaired) electrons. The Bertz CT molecular complexity index is 849. The molecule has 0 bridgehead atoms. The molecular formula is C17H14ClN3OS2. The second-order valence-corrected chi connectivity index (χ2v) is 7.67. The molecule has 0 unspecified atom stereocenters. The van der Waals surface area contributed by atoms with Crippen molar-refractivity contribution in [2.75, 3.05) is 11.1 Å². The Balaban J connectivity index is 1.59. The number of ketones is 1. The molecule has 7 heteroatoms. The fraction of sp³-hybridized carbons (Fsp3) is 0.118.